The second-order valence-corrected chi connectivity index (χ2v) is 5.17. The van der Waals surface area contributed by atoms with Crippen molar-refractivity contribution in [2.24, 2.45) is 13.0 Å². The summed E-state index contributed by atoms with van der Waals surface area (Å²) >= 11 is 0. The summed E-state index contributed by atoms with van der Waals surface area (Å²) in [5, 5.41) is 12.3. The summed E-state index contributed by atoms with van der Waals surface area (Å²) in [4.78, 5) is 23.6. The summed E-state index contributed by atoms with van der Waals surface area (Å²) in [7, 11) is 1.65. The van der Waals surface area contributed by atoms with E-state index < -0.39 is 0 Å². The van der Waals surface area contributed by atoms with Gasteiger partial charge in [0.05, 0.1) is 0 Å². The Balaban J connectivity index is 2.07. The van der Waals surface area contributed by atoms with E-state index in [9.17, 15) is 14.7 Å². The second-order valence-electron chi connectivity index (χ2n) is 5.17. The molecule has 2 rings (SSSR count). The van der Waals surface area contributed by atoms with Crippen LogP contribution in [0.4, 0.5) is 0 Å². The minimum atomic E-state index is -0.233. The summed E-state index contributed by atoms with van der Waals surface area (Å²) in [6, 6.07) is 2.98. The zero-order valence-corrected chi connectivity index (χ0v) is 11.1. The number of aliphatic hydroxyl groups is 1. The maximum absolute atomic E-state index is 12.1. The summed E-state index contributed by atoms with van der Waals surface area (Å²) in [5.74, 6) is -0.104. The van der Waals surface area contributed by atoms with Crippen LogP contribution >= 0.6 is 0 Å². The van der Waals surface area contributed by atoms with Crippen molar-refractivity contribution in [3.8, 4) is 0 Å². The maximum Gasteiger partial charge on any atom is 0.251 e. The molecule has 1 aromatic rings. The molecule has 104 valence electrons. The van der Waals surface area contributed by atoms with Crippen molar-refractivity contribution in [3.05, 3.63) is 34.2 Å². The quantitative estimate of drug-likeness (QED) is 0.842. The van der Waals surface area contributed by atoms with Gasteiger partial charge in [0.2, 0.25) is 0 Å². The highest BCUT2D eigenvalue weighted by atomic mass is 16.3. The summed E-state index contributed by atoms with van der Waals surface area (Å²) in [6.07, 6.45) is 5.59. The molecule has 0 spiro atoms. The molecule has 1 aliphatic carbocycles. The van der Waals surface area contributed by atoms with Crippen LogP contribution in [-0.2, 0) is 7.05 Å². The molecule has 0 aromatic carbocycles. The highest BCUT2D eigenvalue weighted by molar-refractivity contribution is 5.94. The summed E-state index contributed by atoms with van der Waals surface area (Å²) in [5.41, 5.74) is 0.181. The number of hydrogen-bond acceptors (Lipinski definition) is 3. The topological polar surface area (TPSA) is 71.3 Å². The molecule has 2 N–H and O–H groups in total. The summed E-state index contributed by atoms with van der Waals surface area (Å²) in [6.45, 7) is 0.0987. The first kappa shape index (κ1) is 13.8. The van der Waals surface area contributed by atoms with Crippen LogP contribution in [0.15, 0.2) is 23.1 Å². The van der Waals surface area contributed by atoms with Crippen LogP contribution in [-0.4, -0.2) is 28.2 Å². The Morgan fingerprint density at radius 1 is 1.47 bits per heavy atom. The van der Waals surface area contributed by atoms with E-state index in [2.05, 4.69) is 5.32 Å². The number of pyridine rings is 1. The van der Waals surface area contributed by atoms with Crippen LogP contribution in [0.5, 0.6) is 0 Å². The molecule has 1 saturated carbocycles. The molecule has 1 aliphatic rings. The normalized spacial score (nSPS) is 23.1. The van der Waals surface area contributed by atoms with Crippen LogP contribution in [0.1, 0.15) is 36.0 Å². The number of aliphatic hydroxyl groups excluding tert-OH is 1. The molecule has 0 bridgehead atoms. The van der Waals surface area contributed by atoms with E-state index >= 15 is 0 Å². The van der Waals surface area contributed by atoms with Gasteiger partial charge in [0.25, 0.3) is 11.5 Å². The van der Waals surface area contributed by atoms with E-state index in [1.165, 1.54) is 10.6 Å². The largest absolute Gasteiger partial charge is 0.396 e. The number of hydrogen-bond donors (Lipinski definition) is 2. The monoisotopic (exact) mass is 264 g/mol. The molecule has 1 heterocycles. The Morgan fingerprint density at radius 2 is 2.21 bits per heavy atom. The van der Waals surface area contributed by atoms with Gasteiger partial charge in [-0.15, -0.1) is 0 Å². The summed E-state index contributed by atoms with van der Waals surface area (Å²) < 4.78 is 1.42. The number of aryl methyl sites for hydroxylation is 1. The first-order valence-corrected chi connectivity index (χ1v) is 6.70. The third-order valence-corrected chi connectivity index (χ3v) is 3.83. The molecule has 5 heteroatoms. The van der Waals surface area contributed by atoms with Crippen molar-refractivity contribution >= 4 is 5.91 Å². The van der Waals surface area contributed by atoms with Gasteiger partial charge in [-0.25, -0.2) is 0 Å². The number of carbonyl (C=O) groups excluding carboxylic acids is 1. The number of nitrogens with zero attached hydrogens (tertiary/aromatic N) is 1. The molecular formula is C14H20N2O3. The van der Waals surface area contributed by atoms with Crippen molar-refractivity contribution in [2.45, 2.75) is 31.7 Å². The predicted molar refractivity (Wildman–Crippen MR) is 72.0 cm³/mol. The average Bonchev–Trinajstić information content (AvgIpc) is 2.42. The Morgan fingerprint density at radius 3 is 2.89 bits per heavy atom. The van der Waals surface area contributed by atoms with Crippen LogP contribution in [0.2, 0.25) is 0 Å². The molecule has 0 saturated heterocycles. The lowest BCUT2D eigenvalue weighted by Crippen LogP contribution is -2.43. The Bertz CT molecular complexity index is 510. The first-order chi connectivity index (χ1) is 9.11. The van der Waals surface area contributed by atoms with Gasteiger partial charge in [0.15, 0.2) is 0 Å². The number of nitrogens with one attached hydrogen (secondary N) is 1. The van der Waals surface area contributed by atoms with Gasteiger partial charge in [-0.1, -0.05) is 12.8 Å². The van der Waals surface area contributed by atoms with Gasteiger partial charge < -0.3 is 15.0 Å². The zero-order valence-electron chi connectivity index (χ0n) is 11.1. The Kier molecular flexibility index (Phi) is 4.37. The molecule has 0 radical (unpaired) electrons. The van der Waals surface area contributed by atoms with Crippen LogP contribution in [0.3, 0.4) is 0 Å². The van der Waals surface area contributed by atoms with Crippen molar-refractivity contribution < 1.29 is 9.90 Å². The Labute approximate surface area is 112 Å². The minimum Gasteiger partial charge on any atom is -0.396 e. The van der Waals surface area contributed by atoms with Gasteiger partial charge in [-0.2, -0.15) is 0 Å². The van der Waals surface area contributed by atoms with Crippen LogP contribution in [0.25, 0.3) is 0 Å². The molecule has 1 amide bonds. The van der Waals surface area contributed by atoms with E-state index in [0.717, 1.165) is 25.7 Å². The number of amides is 1. The highest BCUT2D eigenvalue weighted by Crippen LogP contribution is 2.24. The fourth-order valence-electron chi connectivity index (χ4n) is 2.56. The highest BCUT2D eigenvalue weighted by Gasteiger charge is 2.26. The fraction of sp³-hybridized carbons (Fsp3) is 0.571. The van der Waals surface area contributed by atoms with Gasteiger partial charge in [-0.3, -0.25) is 9.59 Å². The first-order valence-electron chi connectivity index (χ1n) is 6.70. The van der Waals surface area contributed by atoms with E-state index in [1.54, 1.807) is 19.3 Å². The molecule has 1 aromatic heterocycles. The van der Waals surface area contributed by atoms with E-state index in [0.29, 0.717) is 5.56 Å². The van der Waals surface area contributed by atoms with Crippen molar-refractivity contribution in [1.82, 2.24) is 9.88 Å². The average molecular weight is 264 g/mol. The van der Waals surface area contributed by atoms with Gasteiger partial charge >= 0.3 is 0 Å². The van der Waals surface area contributed by atoms with Gasteiger partial charge in [0, 0.05) is 43.4 Å². The third-order valence-electron chi connectivity index (χ3n) is 3.83. The van der Waals surface area contributed by atoms with E-state index in [1.807, 2.05) is 0 Å². The smallest absolute Gasteiger partial charge is 0.251 e. The van der Waals surface area contributed by atoms with Gasteiger partial charge in [-0.05, 0) is 18.9 Å². The van der Waals surface area contributed by atoms with E-state index in [4.69, 9.17) is 0 Å². The molecule has 2 atom stereocenters. The molecule has 0 aliphatic heterocycles. The lowest BCUT2D eigenvalue weighted by molar-refractivity contribution is 0.0872. The number of carbonyl (C=O) groups is 1. The zero-order chi connectivity index (χ0) is 13.8. The number of aromatic nitrogens is 1. The molecule has 19 heavy (non-hydrogen) atoms. The predicted octanol–water partition coefficient (Wildman–Crippen LogP) is 0.666. The second kappa shape index (κ2) is 6.02. The molecular weight excluding hydrogens is 244 g/mol. The third kappa shape index (κ3) is 3.23. The SMILES string of the molecule is Cn1ccc(C(=O)NC2CCCCC2CO)cc1=O. The van der Waals surface area contributed by atoms with Gasteiger partial charge in [0.1, 0.15) is 0 Å². The number of rotatable bonds is 3. The van der Waals surface area contributed by atoms with Crippen molar-refractivity contribution in [1.29, 1.82) is 0 Å². The molecule has 5 nitrogen and oxygen atoms in total. The Hall–Kier alpha value is -1.62. The van der Waals surface area contributed by atoms with Crippen molar-refractivity contribution in [2.75, 3.05) is 6.61 Å². The van der Waals surface area contributed by atoms with Crippen molar-refractivity contribution in [3.63, 3.8) is 0 Å². The van der Waals surface area contributed by atoms with Crippen LogP contribution in [0, 0.1) is 5.92 Å². The standard InChI is InChI=1S/C14H20N2O3/c1-16-7-6-10(8-13(16)18)14(19)15-12-5-3-2-4-11(12)9-17/h6-8,11-12,17H,2-5,9H2,1H3,(H,15,19). The van der Waals surface area contributed by atoms with Crippen LogP contribution < -0.4 is 10.9 Å². The molecule has 1 fully saturated rings. The minimum absolute atomic E-state index is 0.00954. The molecule has 2 unspecified atom stereocenters. The van der Waals surface area contributed by atoms with E-state index in [-0.39, 0.29) is 30.0 Å². The maximum atomic E-state index is 12.1. The fourth-order valence-corrected chi connectivity index (χ4v) is 2.56. The lowest BCUT2D eigenvalue weighted by atomic mass is 9.85. The lowest BCUT2D eigenvalue weighted by Gasteiger charge is -2.30.